The van der Waals surface area contributed by atoms with E-state index in [-0.39, 0.29) is 0 Å². The maximum absolute atomic E-state index is 2.35. The fourth-order valence-electron chi connectivity index (χ4n) is 3.12. The fraction of sp³-hybridized carbons (Fsp3) is 0.105. The normalized spacial score (nSPS) is 15.8. The molecule has 1 atom stereocenters. The summed E-state index contributed by atoms with van der Waals surface area (Å²) in [6, 6.07) is 24.2. The van der Waals surface area contributed by atoms with Crippen molar-refractivity contribution in [2.24, 2.45) is 0 Å². The van der Waals surface area contributed by atoms with Gasteiger partial charge in [0.2, 0.25) is 5.69 Å². The van der Waals surface area contributed by atoms with Crippen LogP contribution in [0.4, 0.5) is 0 Å². The van der Waals surface area contributed by atoms with Crippen LogP contribution in [0.15, 0.2) is 72.9 Å². The Morgan fingerprint density at radius 1 is 0.800 bits per heavy atom. The molecule has 0 bridgehead atoms. The highest BCUT2D eigenvalue weighted by atomic mass is 15.0. The lowest BCUT2D eigenvalue weighted by molar-refractivity contribution is -0.694. The third kappa shape index (κ3) is 1.60. The van der Waals surface area contributed by atoms with Gasteiger partial charge < -0.3 is 0 Å². The first kappa shape index (κ1) is 11.4. The van der Waals surface area contributed by atoms with E-state index < -0.39 is 0 Å². The van der Waals surface area contributed by atoms with Crippen LogP contribution in [0.1, 0.15) is 18.5 Å². The van der Waals surface area contributed by atoms with Crippen LogP contribution in [-0.2, 0) is 0 Å². The number of aromatic nitrogens is 1. The van der Waals surface area contributed by atoms with Gasteiger partial charge >= 0.3 is 0 Å². The molecular weight excluding hydrogens is 242 g/mol. The molecule has 20 heavy (non-hydrogen) atoms. The van der Waals surface area contributed by atoms with E-state index in [9.17, 15) is 0 Å². The Bertz CT molecular complexity index is 775. The summed E-state index contributed by atoms with van der Waals surface area (Å²) in [4.78, 5) is 0. The van der Waals surface area contributed by atoms with Crippen LogP contribution in [-0.4, -0.2) is 0 Å². The van der Waals surface area contributed by atoms with Gasteiger partial charge in [-0.2, -0.15) is 4.57 Å². The Hall–Kier alpha value is -2.41. The number of pyridine rings is 1. The molecule has 1 aliphatic rings. The first-order valence-electron chi connectivity index (χ1n) is 7.04. The molecular formula is C19H16N+. The zero-order chi connectivity index (χ0) is 13.5. The summed E-state index contributed by atoms with van der Waals surface area (Å²) in [7, 11) is 0. The third-order valence-electron chi connectivity index (χ3n) is 4.19. The molecule has 3 aromatic rings. The molecule has 1 aromatic heterocycles. The van der Waals surface area contributed by atoms with Crippen LogP contribution >= 0.6 is 0 Å². The van der Waals surface area contributed by atoms with Gasteiger partial charge in [0, 0.05) is 24.6 Å². The van der Waals surface area contributed by atoms with Crippen molar-refractivity contribution in [1.29, 1.82) is 0 Å². The Morgan fingerprint density at radius 2 is 1.60 bits per heavy atom. The molecule has 0 amide bonds. The van der Waals surface area contributed by atoms with Crippen LogP contribution in [0.5, 0.6) is 0 Å². The number of nitrogens with zero attached hydrogens (tertiary/aromatic N) is 1. The number of benzene rings is 2. The Labute approximate surface area is 119 Å². The molecule has 0 saturated heterocycles. The van der Waals surface area contributed by atoms with Crippen molar-refractivity contribution in [2.75, 3.05) is 0 Å². The van der Waals surface area contributed by atoms with Gasteiger partial charge in [-0.15, -0.1) is 0 Å². The largest absolute Gasteiger partial charge is 0.213 e. The summed E-state index contributed by atoms with van der Waals surface area (Å²) in [5.74, 6) is 0. The van der Waals surface area contributed by atoms with E-state index in [0.29, 0.717) is 6.04 Å². The molecule has 0 saturated carbocycles. The summed E-state index contributed by atoms with van der Waals surface area (Å²) in [5.41, 5.74) is 6.65. The maximum Gasteiger partial charge on any atom is 0.213 e. The summed E-state index contributed by atoms with van der Waals surface area (Å²) in [6.45, 7) is 2.26. The van der Waals surface area contributed by atoms with Crippen molar-refractivity contribution in [3.8, 4) is 22.4 Å². The van der Waals surface area contributed by atoms with Crippen molar-refractivity contribution in [3.63, 3.8) is 0 Å². The van der Waals surface area contributed by atoms with Crippen molar-refractivity contribution >= 4 is 0 Å². The zero-order valence-electron chi connectivity index (χ0n) is 11.5. The average molecular weight is 258 g/mol. The molecule has 2 heterocycles. The molecule has 0 spiro atoms. The topological polar surface area (TPSA) is 3.88 Å². The summed E-state index contributed by atoms with van der Waals surface area (Å²) < 4.78 is 2.35. The Balaban J connectivity index is 1.92. The molecule has 1 unspecified atom stereocenters. The van der Waals surface area contributed by atoms with Crippen LogP contribution in [0.3, 0.4) is 0 Å². The summed E-state index contributed by atoms with van der Waals surface area (Å²) in [5, 5.41) is 0. The highest BCUT2D eigenvalue weighted by molar-refractivity contribution is 5.74. The molecule has 96 valence electrons. The number of rotatable bonds is 1. The third-order valence-corrected chi connectivity index (χ3v) is 4.19. The van der Waals surface area contributed by atoms with E-state index >= 15 is 0 Å². The molecule has 1 aliphatic heterocycles. The smallest absolute Gasteiger partial charge is 0.191 e. The highest BCUT2D eigenvalue weighted by Gasteiger charge is 2.32. The molecule has 1 nitrogen and oxygen atoms in total. The summed E-state index contributed by atoms with van der Waals surface area (Å²) >= 11 is 0. The number of fused-ring (bicyclic) bond motifs is 3. The minimum Gasteiger partial charge on any atom is -0.191 e. The second kappa shape index (κ2) is 4.31. The second-order valence-corrected chi connectivity index (χ2v) is 5.34. The van der Waals surface area contributed by atoms with E-state index in [0.717, 1.165) is 0 Å². The van der Waals surface area contributed by atoms with Gasteiger partial charge in [-0.05, 0) is 23.3 Å². The van der Waals surface area contributed by atoms with Gasteiger partial charge in [-0.25, -0.2) is 0 Å². The molecule has 0 radical (unpaired) electrons. The lowest BCUT2D eigenvalue weighted by Gasteiger charge is -2.04. The fourth-order valence-corrected chi connectivity index (χ4v) is 3.12. The van der Waals surface area contributed by atoms with Gasteiger partial charge in [0.1, 0.15) is 0 Å². The molecule has 0 N–H and O–H groups in total. The molecule has 0 fully saturated rings. The van der Waals surface area contributed by atoms with E-state index in [2.05, 4.69) is 84.4 Å². The lowest BCUT2D eigenvalue weighted by Crippen LogP contribution is -2.35. The Morgan fingerprint density at radius 3 is 2.45 bits per heavy atom. The minimum atomic E-state index is 0.422. The number of hydrogen-bond donors (Lipinski definition) is 0. The van der Waals surface area contributed by atoms with Gasteiger partial charge in [-0.1, -0.05) is 42.5 Å². The van der Waals surface area contributed by atoms with Crippen molar-refractivity contribution < 1.29 is 4.57 Å². The van der Waals surface area contributed by atoms with Crippen LogP contribution < -0.4 is 4.57 Å². The van der Waals surface area contributed by atoms with E-state index in [1.165, 1.54) is 27.9 Å². The monoisotopic (exact) mass is 258 g/mol. The average Bonchev–Trinajstić information content (AvgIpc) is 2.81. The lowest BCUT2D eigenvalue weighted by atomic mass is 9.97. The first-order chi connectivity index (χ1) is 9.84. The Kier molecular flexibility index (Phi) is 2.46. The van der Waals surface area contributed by atoms with E-state index in [4.69, 9.17) is 0 Å². The minimum absolute atomic E-state index is 0.422. The van der Waals surface area contributed by atoms with Gasteiger partial charge in [0.15, 0.2) is 12.2 Å². The predicted molar refractivity (Wildman–Crippen MR) is 81.3 cm³/mol. The predicted octanol–water partition coefficient (Wildman–Crippen LogP) is 4.23. The van der Waals surface area contributed by atoms with Crippen LogP contribution in [0.25, 0.3) is 22.4 Å². The van der Waals surface area contributed by atoms with Crippen LogP contribution in [0.2, 0.25) is 0 Å². The van der Waals surface area contributed by atoms with Gasteiger partial charge in [0.05, 0.1) is 5.56 Å². The molecule has 4 rings (SSSR count). The maximum atomic E-state index is 2.35. The quantitative estimate of drug-likeness (QED) is 0.575. The van der Waals surface area contributed by atoms with Crippen LogP contribution in [0, 0.1) is 0 Å². The van der Waals surface area contributed by atoms with Crippen molar-refractivity contribution in [2.45, 2.75) is 13.0 Å². The SMILES string of the molecule is CC1c2ccc(-c3ccccc3)cc2-c2cccc[n+]21. The summed E-state index contributed by atoms with van der Waals surface area (Å²) in [6.07, 6.45) is 2.17. The standard InChI is InChI=1S/C19H16N/c1-14-17-11-10-16(15-7-3-2-4-8-15)13-18(17)19-9-5-6-12-20(14)19/h2-14H,1H3/q+1. The van der Waals surface area contributed by atoms with E-state index in [1.807, 2.05) is 0 Å². The first-order valence-corrected chi connectivity index (χ1v) is 7.04. The van der Waals surface area contributed by atoms with E-state index in [1.54, 1.807) is 0 Å². The highest BCUT2D eigenvalue weighted by Crippen LogP contribution is 2.35. The van der Waals surface area contributed by atoms with Crippen molar-refractivity contribution in [1.82, 2.24) is 0 Å². The van der Waals surface area contributed by atoms with Gasteiger partial charge in [-0.3, -0.25) is 0 Å². The number of hydrogen-bond acceptors (Lipinski definition) is 0. The zero-order valence-corrected chi connectivity index (χ0v) is 11.5. The van der Waals surface area contributed by atoms with Gasteiger partial charge in [0.25, 0.3) is 0 Å². The second-order valence-electron chi connectivity index (χ2n) is 5.34. The van der Waals surface area contributed by atoms with Crippen molar-refractivity contribution in [3.05, 3.63) is 78.5 Å². The molecule has 0 aliphatic carbocycles. The molecule has 2 aromatic carbocycles. The molecule has 1 heteroatoms.